The molecular formula is C26H25F3N4O6S2. The lowest BCUT2D eigenvalue weighted by molar-refractivity contribution is -0.138. The molecule has 0 aromatic heterocycles. The Hall–Kier alpha value is -3.59. The van der Waals surface area contributed by atoms with Gasteiger partial charge >= 0.3 is 6.18 Å². The number of amidine groups is 1. The molecule has 6 rings (SSSR count). The zero-order valence-electron chi connectivity index (χ0n) is 21.5. The van der Waals surface area contributed by atoms with Gasteiger partial charge in [-0.2, -0.15) is 21.6 Å². The molecule has 2 heterocycles. The summed E-state index contributed by atoms with van der Waals surface area (Å²) in [7, 11) is -8.11. The van der Waals surface area contributed by atoms with E-state index in [9.17, 15) is 39.9 Å². The number of carbonyl (C=O) groups excluding carboxylic acids is 1. The number of nitrogens with zero attached hydrogens (tertiary/aromatic N) is 2. The average Bonchev–Trinajstić information content (AvgIpc) is 3.48. The van der Waals surface area contributed by atoms with Crippen LogP contribution in [0.5, 0.6) is 0 Å². The van der Waals surface area contributed by atoms with Crippen molar-refractivity contribution in [3.63, 3.8) is 0 Å². The van der Waals surface area contributed by atoms with E-state index in [0.717, 1.165) is 43.7 Å². The van der Waals surface area contributed by atoms with Gasteiger partial charge in [0, 0.05) is 24.2 Å². The van der Waals surface area contributed by atoms with E-state index in [1.165, 1.54) is 29.2 Å². The molecule has 0 radical (unpaired) electrons. The number of anilines is 2. The Labute approximate surface area is 234 Å². The number of fused-ring (bicyclic) bond motifs is 6. The maximum atomic E-state index is 14.0. The zero-order chi connectivity index (χ0) is 29.5. The van der Waals surface area contributed by atoms with E-state index >= 15 is 0 Å². The minimum Gasteiger partial charge on any atom is -0.511 e. The first-order chi connectivity index (χ1) is 19.1. The van der Waals surface area contributed by atoms with Gasteiger partial charge in [0.1, 0.15) is 16.2 Å². The number of hydrogen-bond acceptors (Lipinski definition) is 7. The zero-order valence-corrected chi connectivity index (χ0v) is 23.1. The number of amides is 1. The summed E-state index contributed by atoms with van der Waals surface area (Å²) in [5.74, 6) is -1.62. The molecule has 2 aliphatic carbocycles. The van der Waals surface area contributed by atoms with E-state index in [0.29, 0.717) is 5.56 Å². The predicted octanol–water partition coefficient (Wildman–Crippen LogP) is 3.86. The lowest BCUT2D eigenvalue weighted by atomic mass is 9.77. The van der Waals surface area contributed by atoms with Crippen molar-refractivity contribution in [2.24, 2.45) is 22.2 Å². The number of sulfonamides is 2. The fourth-order valence-corrected chi connectivity index (χ4v) is 8.29. The molecule has 15 heteroatoms. The summed E-state index contributed by atoms with van der Waals surface area (Å²) in [6.45, 7) is -0.0325. The summed E-state index contributed by atoms with van der Waals surface area (Å²) >= 11 is 0. The van der Waals surface area contributed by atoms with E-state index in [1.807, 2.05) is 0 Å². The van der Waals surface area contributed by atoms with Gasteiger partial charge in [-0.05, 0) is 67.0 Å². The molecule has 0 saturated heterocycles. The molecule has 1 amide bonds. The van der Waals surface area contributed by atoms with Gasteiger partial charge < -0.3 is 15.3 Å². The molecule has 4 atom stereocenters. The van der Waals surface area contributed by atoms with Crippen molar-refractivity contribution in [1.29, 1.82) is 0 Å². The van der Waals surface area contributed by atoms with Gasteiger partial charge in [0.15, 0.2) is 5.84 Å². The van der Waals surface area contributed by atoms with Crippen LogP contribution in [-0.4, -0.2) is 50.9 Å². The lowest BCUT2D eigenvalue weighted by Gasteiger charge is -2.44. The summed E-state index contributed by atoms with van der Waals surface area (Å²) in [6, 6.07) is 7.86. The number of alkyl halides is 3. The Balaban J connectivity index is 1.38. The highest BCUT2D eigenvalue weighted by atomic mass is 32.2. The fourth-order valence-electron chi connectivity index (χ4n) is 6.59. The first kappa shape index (κ1) is 27.6. The number of hydrogen-bond donors (Lipinski definition) is 3. The normalized spacial score (nSPS) is 26.8. The number of halogens is 3. The monoisotopic (exact) mass is 610 g/mol. The van der Waals surface area contributed by atoms with E-state index in [-0.39, 0.29) is 57.9 Å². The van der Waals surface area contributed by atoms with Crippen LogP contribution in [0.15, 0.2) is 63.1 Å². The van der Waals surface area contributed by atoms with Gasteiger partial charge in [-0.25, -0.2) is 8.42 Å². The maximum absolute atomic E-state index is 14.0. The molecular weight excluding hydrogens is 585 g/mol. The highest BCUT2D eigenvalue weighted by Gasteiger charge is 2.57. The van der Waals surface area contributed by atoms with E-state index in [2.05, 4.69) is 14.4 Å². The molecule has 10 nitrogen and oxygen atoms in total. The van der Waals surface area contributed by atoms with E-state index in [1.54, 1.807) is 0 Å². The lowest BCUT2D eigenvalue weighted by Crippen LogP contribution is -2.53. The van der Waals surface area contributed by atoms with Gasteiger partial charge in [-0.15, -0.1) is 4.40 Å². The summed E-state index contributed by atoms with van der Waals surface area (Å²) in [4.78, 5) is 15.1. The molecule has 4 aliphatic rings. The summed E-state index contributed by atoms with van der Waals surface area (Å²) in [6.07, 6.45) is -1.16. The second-order valence-electron chi connectivity index (χ2n) is 10.9. The van der Waals surface area contributed by atoms with Crippen LogP contribution in [0, 0.1) is 17.8 Å². The quantitative estimate of drug-likeness (QED) is 0.466. The minimum atomic E-state index is -4.51. The molecule has 2 unspecified atom stereocenters. The highest BCUT2D eigenvalue weighted by molar-refractivity contribution is 7.92. The van der Waals surface area contributed by atoms with Crippen LogP contribution >= 0.6 is 0 Å². The number of aliphatic hydroxyl groups excluding tert-OH is 1. The van der Waals surface area contributed by atoms with Crippen molar-refractivity contribution < 1.29 is 39.9 Å². The first-order valence-corrected chi connectivity index (χ1v) is 16.1. The smallest absolute Gasteiger partial charge is 0.416 e. The second kappa shape index (κ2) is 9.21. The van der Waals surface area contributed by atoms with Crippen LogP contribution in [0.2, 0.25) is 0 Å². The Morgan fingerprint density at radius 1 is 1.12 bits per heavy atom. The summed E-state index contributed by atoms with van der Waals surface area (Å²) < 4.78 is 94.8. The molecule has 3 N–H and O–H groups in total. The van der Waals surface area contributed by atoms with Crippen molar-refractivity contribution in [1.82, 2.24) is 4.90 Å². The van der Waals surface area contributed by atoms with Crippen molar-refractivity contribution in [3.8, 4) is 0 Å². The number of aliphatic hydroxyl groups is 1. The number of nitrogens with one attached hydrogen (secondary N) is 2. The third-order valence-corrected chi connectivity index (χ3v) is 10.1. The van der Waals surface area contributed by atoms with Crippen molar-refractivity contribution in [3.05, 3.63) is 64.9 Å². The molecule has 2 bridgehead atoms. The predicted molar refractivity (Wildman–Crippen MR) is 143 cm³/mol. The van der Waals surface area contributed by atoms with Crippen LogP contribution < -0.4 is 10.0 Å². The molecule has 41 heavy (non-hydrogen) atoms. The van der Waals surface area contributed by atoms with Crippen molar-refractivity contribution >= 4 is 43.2 Å². The number of benzene rings is 2. The van der Waals surface area contributed by atoms with Gasteiger partial charge in [0.2, 0.25) is 10.0 Å². The summed E-state index contributed by atoms with van der Waals surface area (Å²) in [5, 5.41) is 14.2. The van der Waals surface area contributed by atoms with E-state index in [4.69, 9.17) is 0 Å². The van der Waals surface area contributed by atoms with Gasteiger partial charge in [-0.3, -0.25) is 9.52 Å². The molecule has 2 aromatic carbocycles. The molecule has 218 valence electrons. The SMILES string of the molecule is CS(=O)(=O)Nc1ccc2c(c1)S(=O)(=O)N=C(C1=C(O)C3C([C@@H]4CC[C@H]3C4)N(Cc3ccc(C(F)(F)F)cc3)C1=O)N2. The van der Waals surface area contributed by atoms with Crippen LogP contribution in [0.1, 0.15) is 30.4 Å². The van der Waals surface area contributed by atoms with Crippen LogP contribution in [0.25, 0.3) is 0 Å². The second-order valence-corrected chi connectivity index (χ2v) is 14.2. The van der Waals surface area contributed by atoms with Gasteiger partial charge in [0.25, 0.3) is 15.9 Å². The number of rotatable bonds is 5. The Morgan fingerprint density at radius 3 is 2.46 bits per heavy atom. The third-order valence-electron chi connectivity index (χ3n) is 8.18. The highest BCUT2D eigenvalue weighted by Crippen LogP contribution is 2.55. The van der Waals surface area contributed by atoms with Crippen LogP contribution in [0.4, 0.5) is 24.5 Å². The Bertz CT molecular complexity index is 1740. The minimum absolute atomic E-state index is 0.00128. The van der Waals surface area contributed by atoms with Crippen LogP contribution in [0.3, 0.4) is 0 Å². The Kier molecular flexibility index (Phi) is 6.19. The molecule has 2 aromatic rings. The van der Waals surface area contributed by atoms with Gasteiger partial charge in [-0.1, -0.05) is 12.1 Å². The maximum Gasteiger partial charge on any atom is 0.416 e. The molecule has 2 fully saturated rings. The van der Waals surface area contributed by atoms with Crippen LogP contribution in [-0.2, 0) is 37.6 Å². The van der Waals surface area contributed by atoms with Gasteiger partial charge in [0.05, 0.1) is 17.5 Å². The molecule has 2 aliphatic heterocycles. The molecule has 2 saturated carbocycles. The topological polar surface area (TPSA) is 145 Å². The average molecular weight is 611 g/mol. The number of carbonyl (C=O) groups is 1. The standard InChI is InChI=1S/C26H25F3N4O6S2/c1-40(36,37)31-17-8-9-18-19(11-17)41(38,39)32-24(30-18)21-23(34)20-14-4-5-15(10-14)22(20)33(25(21)35)12-13-2-6-16(7-3-13)26(27,28)29/h2-3,6-9,11,14-15,20,22,31,34H,4-5,10,12H2,1H3,(H,30,32)/t14-,15+,20?,22?/m0/s1. The van der Waals surface area contributed by atoms with E-state index < -0.39 is 43.6 Å². The summed E-state index contributed by atoms with van der Waals surface area (Å²) in [5.41, 5.74) is -0.638. The first-order valence-electron chi connectivity index (χ1n) is 12.8. The molecule has 0 spiro atoms. The largest absolute Gasteiger partial charge is 0.511 e. The Morgan fingerprint density at radius 2 is 1.80 bits per heavy atom. The van der Waals surface area contributed by atoms with Crippen molar-refractivity contribution in [2.75, 3.05) is 16.3 Å². The fraction of sp³-hybridized carbons (Fsp3) is 0.385. The van der Waals surface area contributed by atoms with Crippen molar-refractivity contribution in [2.45, 2.75) is 42.9 Å². The third kappa shape index (κ3) is 4.84.